The van der Waals surface area contributed by atoms with Crippen LogP contribution in [0.3, 0.4) is 0 Å². The van der Waals surface area contributed by atoms with Gasteiger partial charge in [0.15, 0.2) is 5.82 Å². The lowest BCUT2D eigenvalue weighted by Crippen LogP contribution is -2.32. The van der Waals surface area contributed by atoms with Crippen LogP contribution in [0.15, 0.2) is 45.8 Å². The molecule has 0 saturated carbocycles. The number of aromatic nitrogens is 4. The maximum absolute atomic E-state index is 12.5. The van der Waals surface area contributed by atoms with Crippen LogP contribution in [0.4, 0.5) is 5.69 Å². The number of rotatable bonds is 3. The van der Waals surface area contributed by atoms with Crippen LogP contribution in [-0.4, -0.2) is 26.5 Å². The Morgan fingerprint density at radius 2 is 1.96 bits per heavy atom. The van der Waals surface area contributed by atoms with E-state index < -0.39 is 0 Å². The minimum absolute atomic E-state index is 0.173. The molecular formula is C20H23N5O2. The van der Waals surface area contributed by atoms with E-state index in [0.717, 1.165) is 25.2 Å². The van der Waals surface area contributed by atoms with Gasteiger partial charge in [-0.2, -0.15) is 10.1 Å². The predicted molar refractivity (Wildman–Crippen MR) is 102 cm³/mol. The third-order valence-electron chi connectivity index (χ3n) is 4.75. The van der Waals surface area contributed by atoms with Crippen LogP contribution >= 0.6 is 0 Å². The van der Waals surface area contributed by atoms with Gasteiger partial charge >= 0.3 is 0 Å². The Morgan fingerprint density at radius 3 is 2.67 bits per heavy atom. The second kappa shape index (κ2) is 6.64. The summed E-state index contributed by atoms with van der Waals surface area (Å²) in [6.07, 6.45) is 2.71. The summed E-state index contributed by atoms with van der Waals surface area (Å²) in [5.74, 6) is 1.00. The van der Waals surface area contributed by atoms with Crippen LogP contribution in [-0.2, 0) is 24.9 Å². The molecule has 3 heterocycles. The van der Waals surface area contributed by atoms with Crippen LogP contribution in [0.2, 0.25) is 0 Å². The molecule has 0 bridgehead atoms. The van der Waals surface area contributed by atoms with Gasteiger partial charge in [-0.3, -0.25) is 4.79 Å². The fourth-order valence-electron chi connectivity index (χ4n) is 3.19. The van der Waals surface area contributed by atoms with Gasteiger partial charge in [-0.1, -0.05) is 50.2 Å². The summed E-state index contributed by atoms with van der Waals surface area (Å²) < 4.78 is 6.64. The molecule has 0 atom stereocenters. The van der Waals surface area contributed by atoms with Crippen molar-refractivity contribution in [3.05, 3.63) is 69.7 Å². The molecule has 0 fully saturated rings. The van der Waals surface area contributed by atoms with E-state index in [9.17, 15) is 4.79 Å². The zero-order chi connectivity index (χ0) is 19.0. The summed E-state index contributed by atoms with van der Waals surface area (Å²) in [6.45, 7) is 7.87. The summed E-state index contributed by atoms with van der Waals surface area (Å²) in [4.78, 5) is 19.1. The van der Waals surface area contributed by atoms with Crippen molar-refractivity contribution in [2.45, 2.75) is 45.7 Å². The first kappa shape index (κ1) is 17.5. The largest absolute Gasteiger partial charge is 0.365 e. The van der Waals surface area contributed by atoms with E-state index in [1.54, 1.807) is 12.3 Å². The van der Waals surface area contributed by atoms with Crippen molar-refractivity contribution in [1.82, 2.24) is 19.9 Å². The Kier molecular flexibility index (Phi) is 4.30. The van der Waals surface area contributed by atoms with Crippen molar-refractivity contribution in [3.8, 4) is 0 Å². The maximum Gasteiger partial charge on any atom is 0.269 e. The van der Waals surface area contributed by atoms with Gasteiger partial charge in [-0.25, -0.2) is 4.68 Å². The number of fused-ring (bicyclic) bond motifs is 1. The van der Waals surface area contributed by atoms with Crippen LogP contribution in [0.25, 0.3) is 0 Å². The molecule has 0 radical (unpaired) electrons. The Labute approximate surface area is 157 Å². The number of benzene rings is 1. The Morgan fingerprint density at radius 1 is 1.19 bits per heavy atom. The van der Waals surface area contributed by atoms with E-state index in [4.69, 9.17) is 4.52 Å². The summed E-state index contributed by atoms with van der Waals surface area (Å²) >= 11 is 0. The van der Waals surface area contributed by atoms with Crippen molar-refractivity contribution < 1.29 is 4.52 Å². The lowest BCUT2D eigenvalue weighted by Gasteiger charge is -2.30. The number of hydrogen-bond donors (Lipinski definition) is 0. The second-order valence-electron chi connectivity index (χ2n) is 7.92. The highest BCUT2D eigenvalue weighted by molar-refractivity contribution is 5.47. The molecule has 1 aliphatic heterocycles. The molecule has 0 N–H and O–H groups in total. The molecule has 4 rings (SSSR count). The molecule has 1 aliphatic rings. The van der Waals surface area contributed by atoms with E-state index in [1.165, 1.54) is 15.8 Å². The van der Waals surface area contributed by atoms with Crippen LogP contribution in [0.5, 0.6) is 0 Å². The Balaban J connectivity index is 1.52. The Hall–Kier alpha value is -2.96. The topological polar surface area (TPSA) is 77.1 Å². The average Bonchev–Trinajstić information content (AvgIpc) is 3.12. The van der Waals surface area contributed by atoms with E-state index >= 15 is 0 Å². The first-order chi connectivity index (χ1) is 12.9. The van der Waals surface area contributed by atoms with Gasteiger partial charge in [0.05, 0.1) is 11.9 Å². The average molecular weight is 365 g/mol. The maximum atomic E-state index is 12.5. The SMILES string of the molecule is CC(C)(C)c1nc(Cn2ncc(N3CCc4ccccc4C3)cc2=O)no1. The predicted octanol–water partition coefficient (Wildman–Crippen LogP) is 2.53. The molecule has 0 aliphatic carbocycles. The van der Waals surface area contributed by atoms with Crippen molar-refractivity contribution in [3.63, 3.8) is 0 Å². The fraction of sp³-hybridized carbons (Fsp3) is 0.400. The van der Waals surface area contributed by atoms with Crippen molar-refractivity contribution >= 4 is 5.69 Å². The normalized spacial score (nSPS) is 14.3. The van der Waals surface area contributed by atoms with Gasteiger partial charge in [-0.15, -0.1) is 0 Å². The quantitative estimate of drug-likeness (QED) is 0.710. The second-order valence-corrected chi connectivity index (χ2v) is 7.92. The van der Waals surface area contributed by atoms with E-state index in [2.05, 4.69) is 44.4 Å². The van der Waals surface area contributed by atoms with Crippen molar-refractivity contribution in [1.29, 1.82) is 0 Å². The van der Waals surface area contributed by atoms with Crippen molar-refractivity contribution in [2.24, 2.45) is 0 Å². The van der Waals surface area contributed by atoms with Crippen LogP contribution in [0, 0.1) is 0 Å². The van der Waals surface area contributed by atoms with Gasteiger partial charge in [0, 0.05) is 24.6 Å². The molecule has 27 heavy (non-hydrogen) atoms. The molecule has 1 aromatic carbocycles. The summed E-state index contributed by atoms with van der Waals surface area (Å²) in [5, 5.41) is 8.28. The number of nitrogens with zero attached hydrogens (tertiary/aromatic N) is 5. The van der Waals surface area contributed by atoms with E-state index in [-0.39, 0.29) is 17.5 Å². The zero-order valence-electron chi connectivity index (χ0n) is 15.8. The van der Waals surface area contributed by atoms with Crippen LogP contribution in [0.1, 0.15) is 43.6 Å². The van der Waals surface area contributed by atoms with Gasteiger partial charge < -0.3 is 9.42 Å². The highest BCUT2D eigenvalue weighted by Gasteiger charge is 2.22. The van der Waals surface area contributed by atoms with Gasteiger partial charge in [0.1, 0.15) is 6.54 Å². The standard InChI is InChI=1S/C20H23N5O2/c1-20(2,3)19-22-17(23-27-19)13-25-18(26)10-16(11-21-25)24-9-8-14-6-4-5-7-15(14)12-24/h4-7,10-11H,8-9,12-13H2,1-3H3. The van der Waals surface area contributed by atoms with Crippen molar-refractivity contribution in [2.75, 3.05) is 11.4 Å². The minimum Gasteiger partial charge on any atom is -0.365 e. The monoisotopic (exact) mass is 365 g/mol. The third kappa shape index (κ3) is 3.63. The molecule has 7 heteroatoms. The highest BCUT2D eigenvalue weighted by Crippen LogP contribution is 2.23. The Bertz CT molecular complexity index is 1020. The van der Waals surface area contributed by atoms with Crippen LogP contribution < -0.4 is 10.5 Å². The molecular weight excluding hydrogens is 342 g/mol. The smallest absolute Gasteiger partial charge is 0.269 e. The molecule has 0 amide bonds. The molecule has 2 aromatic heterocycles. The molecule has 0 saturated heterocycles. The van der Waals surface area contributed by atoms with Gasteiger partial charge in [-0.05, 0) is 17.5 Å². The number of anilines is 1. The van der Waals surface area contributed by atoms with E-state index in [0.29, 0.717) is 11.7 Å². The first-order valence-electron chi connectivity index (χ1n) is 9.12. The lowest BCUT2D eigenvalue weighted by atomic mass is 9.97. The molecule has 3 aromatic rings. The molecule has 0 spiro atoms. The molecule has 0 unspecified atom stereocenters. The fourth-order valence-corrected chi connectivity index (χ4v) is 3.19. The molecule has 140 valence electrons. The first-order valence-corrected chi connectivity index (χ1v) is 9.12. The minimum atomic E-state index is -0.224. The lowest BCUT2D eigenvalue weighted by molar-refractivity contribution is 0.317. The molecule has 7 nitrogen and oxygen atoms in total. The van der Waals surface area contributed by atoms with Gasteiger partial charge in [0.2, 0.25) is 5.89 Å². The third-order valence-corrected chi connectivity index (χ3v) is 4.75. The summed E-state index contributed by atoms with van der Waals surface area (Å²) in [6, 6.07) is 10.1. The summed E-state index contributed by atoms with van der Waals surface area (Å²) in [5.41, 5.74) is 3.12. The number of hydrogen-bond acceptors (Lipinski definition) is 6. The highest BCUT2D eigenvalue weighted by atomic mass is 16.5. The van der Waals surface area contributed by atoms with E-state index in [1.807, 2.05) is 20.8 Å². The zero-order valence-corrected chi connectivity index (χ0v) is 15.8. The van der Waals surface area contributed by atoms with Gasteiger partial charge in [0.25, 0.3) is 5.56 Å². The summed E-state index contributed by atoms with van der Waals surface area (Å²) in [7, 11) is 0.